The van der Waals surface area contributed by atoms with Crippen LogP contribution in [0.3, 0.4) is 0 Å². The molecule has 0 aliphatic rings. The van der Waals surface area contributed by atoms with Crippen molar-refractivity contribution in [2.24, 2.45) is 0 Å². The van der Waals surface area contributed by atoms with E-state index in [1.54, 1.807) is 62.6 Å². The molecule has 3 rings (SSSR count). The average molecular weight is 579 g/mol. The Labute approximate surface area is 233 Å². The van der Waals surface area contributed by atoms with Crippen LogP contribution in [0.1, 0.15) is 18.9 Å². The van der Waals surface area contributed by atoms with Gasteiger partial charge < -0.3 is 15.0 Å². The molecule has 0 aromatic heterocycles. The van der Waals surface area contributed by atoms with Crippen molar-refractivity contribution in [3.63, 3.8) is 0 Å². The molecule has 202 valence electrons. The minimum absolute atomic E-state index is 0.0125. The summed E-state index contributed by atoms with van der Waals surface area (Å²) in [7, 11) is -1.20. The van der Waals surface area contributed by atoms with Gasteiger partial charge in [-0.3, -0.25) is 13.9 Å². The molecule has 0 fully saturated rings. The molecule has 0 radical (unpaired) electrons. The third-order valence-electron chi connectivity index (χ3n) is 5.95. The Balaban J connectivity index is 2.08. The number of ether oxygens (including phenoxy) is 1. The second-order valence-corrected chi connectivity index (χ2v) is 11.0. The summed E-state index contributed by atoms with van der Waals surface area (Å²) in [6.45, 7) is 1.23. The van der Waals surface area contributed by atoms with Gasteiger partial charge in [-0.05, 0) is 48.4 Å². The molecule has 38 heavy (non-hydrogen) atoms. The van der Waals surface area contributed by atoms with Crippen molar-refractivity contribution in [3.8, 4) is 5.75 Å². The highest BCUT2D eigenvalue weighted by molar-refractivity contribution is 7.92. The molecule has 0 spiro atoms. The maximum atomic E-state index is 13.9. The summed E-state index contributed by atoms with van der Waals surface area (Å²) in [5.74, 6) is -0.319. The van der Waals surface area contributed by atoms with Crippen LogP contribution in [0.25, 0.3) is 0 Å². The molecular weight excluding hydrogens is 549 g/mol. The fraction of sp³-hybridized carbons (Fsp3) is 0.259. The molecule has 0 bridgehead atoms. The van der Waals surface area contributed by atoms with Gasteiger partial charge >= 0.3 is 0 Å². The molecular formula is C27H29Cl2N3O5S. The van der Waals surface area contributed by atoms with Crippen LogP contribution in [0.5, 0.6) is 5.75 Å². The number of carbonyl (C=O) groups is 2. The minimum atomic E-state index is -4.24. The van der Waals surface area contributed by atoms with Crippen molar-refractivity contribution >= 4 is 50.7 Å². The lowest BCUT2D eigenvalue weighted by Gasteiger charge is -2.33. The number of rotatable bonds is 11. The Morgan fingerprint density at radius 1 is 0.974 bits per heavy atom. The van der Waals surface area contributed by atoms with Crippen LogP contribution in [0, 0.1) is 0 Å². The molecule has 1 N–H and O–H groups in total. The van der Waals surface area contributed by atoms with Crippen molar-refractivity contribution in [1.29, 1.82) is 0 Å². The number of amides is 2. The summed E-state index contributed by atoms with van der Waals surface area (Å²) >= 11 is 12.6. The number of nitrogens with zero attached hydrogens (tertiary/aromatic N) is 2. The molecule has 3 aromatic carbocycles. The van der Waals surface area contributed by atoms with E-state index in [1.807, 2.05) is 0 Å². The summed E-state index contributed by atoms with van der Waals surface area (Å²) < 4.78 is 33.7. The zero-order chi connectivity index (χ0) is 27.9. The maximum Gasteiger partial charge on any atom is 0.264 e. The van der Waals surface area contributed by atoms with Crippen LogP contribution in [0.2, 0.25) is 10.0 Å². The normalized spacial score (nSPS) is 11.9. The molecule has 0 heterocycles. The molecule has 0 aliphatic heterocycles. The second kappa shape index (κ2) is 13.0. The first-order valence-corrected chi connectivity index (χ1v) is 14.0. The third kappa shape index (κ3) is 6.59. The van der Waals surface area contributed by atoms with E-state index < -0.39 is 28.5 Å². The van der Waals surface area contributed by atoms with E-state index >= 15 is 0 Å². The van der Waals surface area contributed by atoms with Gasteiger partial charge in [0.2, 0.25) is 11.8 Å². The molecule has 1 atom stereocenters. The maximum absolute atomic E-state index is 13.9. The molecule has 0 saturated heterocycles. The topological polar surface area (TPSA) is 96.0 Å². The van der Waals surface area contributed by atoms with Crippen LogP contribution in [0.4, 0.5) is 5.69 Å². The highest BCUT2D eigenvalue weighted by Gasteiger charge is 2.34. The first-order chi connectivity index (χ1) is 18.1. The lowest BCUT2D eigenvalue weighted by molar-refractivity contribution is -0.140. The summed E-state index contributed by atoms with van der Waals surface area (Å²) in [6, 6.07) is 18.5. The van der Waals surface area contributed by atoms with Crippen LogP contribution in [-0.4, -0.2) is 51.9 Å². The Morgan fingerprint density at radius 3 is 2.21 bits per heavy atom. The fourth-order valence-corrected chi connectivity index (χ4v) is 5.83. The average Bonchev–Trinajstić information content (AvgIpc) is 2.93. The number of methoxy groups -OCH3 is 1. The van der Waals surface area contributed by atoms with Crippen molar-refractivity contribution in [1.82, 2.24) is 10.2 Å². The number of nitrogens with one attached hydrogen (secondary N) is 1. The molecule has 2 amide bonds. The smallest absolute Gasteiger partial charge is 0.264 e. The highest BCUT2D eigenvalue weighted by atomic mass is 35.5. The van der Waals surface area contributed by atoms with Crippen LogP contribution in [0.15, 0.2) is 77.7 Å². The molecule has 0 saturated carbocycles. The van der Waals surface area contributed by atoms with E-state index in [1.165, 1.54) is 36.2 Å². The fourth-order valence-electron chi connectivity index (χ4n) is 3.93. The van der Waals surface area contributed by atoms with Gasteiger partial charge in [0.05, 0.1) is 27.7 Å². The van der Waals surface area contributed by atoms with E-state index in [2.05, 4.69) is 5.32 Å². The van der Waals surface area contributed by atoms with E-state index in [4.69, 9.17) is 27.9 Å². The van der Waals surface area contributed by atoms with Gasteiger partial charge in [0.1, 0.15) is 18.3 Å². The monoisotopic (exact) mass is 577 g/mol. The number of hydrogen-bond acceptors (Lipinski definition) is 5. The Hall–Kier alpha value is -3.27. The van der Waals surface area contributed by atoms with Gasteiger partial charge in [-0.1, -0.05) is 66.5 Å². The van der Waals surface area contributed by atoms with Crippen LogP contribution < -0.4 is 14.4 Å². The molecule has 8 nitrogen and oxygen atoms in total. The molecule has 0 aliphatic carbocycles. The molecule has 3 aromatic rings. The number of hydrogen-bond donors (Lipinski definition) is 1. The Morgan fingerprint density at radius 2 is 1.63 bits per heavy atom. The van der Waals surface area contributed by atoms with Gasteiger partial charge in [-0.2, -0.15) is 0 Å². The lowest BCUT2D eigenvalue weighted by atomic mass is 10.1. The largest absolute Gasteiger partial charge is 0.497 e. The van der Waals surface area contributed by atoms with Gasteiger partial charge in [0.25, 0.3) is 10.0 Å². The zero-order valence-electron chi connectivity index (χ0n) is 21.2. The van der Waals surface area contributed by atoms with Crippen molar-refractivity contribution in [2.45, 2.75) is 30.8 Å². The van der Waals surface area contributed by atoms with Crippen LogP contribution in [-0.2, 0) is 26.2 Å². The summed E-state index contributed by atoms with van der Waals surface area (Å²) in [6.07, 6.45) is 0.310. The first-order valence-electron chi connectivity index (χ1n) is 11.8. The van der Waals surface area contributed by atoms with E-state index in [-0.39, 0.29) is 33.1 Å². The van der Waals surface area contributed by atoms with Crippen LogP contribution >= 0.6 is 23.2 Å². The Kier molecular flexibility index (Phi) is 10.0. The van der Waals surface area contributed by atoms with E-state index in [9.17, 15) is 18.0 Å². The SMILES string of the molecule is CCC(C(=O)NC)N(Cc1ccc(OC)cc1)C(=O)CN(c1cccc(Cl)c1Cl)S(=O)(=O)c1ccccc1. The number of halogens is 2. The number of sulfonamides is 1. The standard InChI is InChI=1S/C27H29Cl2N3O5S/c1-4-23(27(34)30-2)31(17-19-13-15-20(37-3)16-14-19)25(33)18-32(24-12-8-11-22(28)26(24)29)38(35,36)21-9-6-5-7-10-21/h5-16,23H,4,17-18H2,1-3H3,(H,30,34). The molecule has 11 heteroatoms. The first kappa shape index (κ1) is 29.3. The second-order valence-electron chi connectivity index (χ2n) is 8.31. The minimum Gasteiger partial charge on any atom is -0.497 e. The van der Waals surface area contributed by atoms with Gasteiger partial charge in [-0.15, -0.1) is 0 Å². The van der Waals surface area contributed by atoms with Gasteiger partial charge in [0, 0.05) is 13.6 Å². The number of likely N-dealkylation sites (N-methyl/N-ethyl adjacent to an activating group) is 1. The zero-order valence-corrected chi connectivity index (χ0v) is 23.6. The van der Waals surface area contributed by atoms with Crippen molar-refractivity contribution in [3.05, 3.63) is 88.4 Å². The summed E-state index contributed by atoms with van der Waals surface area (Å²) in [5.41, 5.74) is 0.786. The predicted molar refractivity (Wildman–Crippen MR) is 149 cm³/mol. The van der Waals surface area contributed by atoms with Gasteiger partial charge in [-0.25, -0.2) is 8.42 Å². The van der Waals surface area contributed by atoms with Crippen molar-refractivity contribution < 1.29 is 22.7 Å². The van der Waals surface area contributed by atoms with E-state index in [0.29, 0.717) is 12.2 Å². The quantitative estimate of drug-likeness (QED) is 0.354. The lowest BCUT2D eigenvalue weighted by Crippen LogP contribution is -2.51. The van der Waals surface area contributed by atoms with E-state index in [0.717, 1.165) is 9.87 Å². The van der Waals surface area contributed by atoms with Gasteiger partial charge in [0.15, 0.2) is 0 Å². The predicted octanol–water partition coefficient (Wildman–Crippen LogP) is 4.75. The highest BCUT2D eigenvalue weighted by Crippen LogP contribution is 2.35. The number of anilines is 1. The molecule has 1 unspecified atom stereocenters. The third-order valence-corrected chi connectivity index (χ3v) is 8.54. The summed E-state index contributed by atoms with van der Waals surface area (Å²) in [4.78, 5) is 28.0. The summed E-state index contributed by atoms with van der Waals surface area (Å²) in [5, 5.41) is 2.71. The van der Waals surface area contributed by atoms with Crippen molar-refractivity contribution in [2.75, 3.05) is 25.0 Å². The Bertz CT molecular complexity index is 1370. The number of benzene rings is 3. The number of carbonyl (C=O) groups excluding carboxylic acids is 2.